The Morgan fingerprint density at radius 1 is 1.18 bits per heavy atom. The van der Waals surface area contributed by atoms with E-state index in [1.165, 1.54) is 50.5 Å². The lowest BCUT2D eigenvalue weighted by atomic mass is 9.77. The minimum atomic E-state index is -0.180. The van der Waals surface area contributed by atoms with Crippen LogP contribution in [0, 0.1) is 5.92 Å². The van der Waals surface area contributed by atoms with Crippen LogP contribution in [0.5, 0.6) is 0 Å². The summed E-state index contributed by atoms with van der Waals surface area (Å²) in [5.41, 5.74) is 1.74. The SMILES string of the molecule is OC1C=C(C2CCOC3(CCCC3)C2)CCC1. The van der Waals surface area contributed by atoms with Crippen LogP contribution in [-0.2, 0) is 4.74 Å². The molecule has 2 atom stereocenters. The number of ether oxygens (including phenoxy) is 1. The maximum Gasteiger partial charge on any atom is 0.0723 e. The predicted octanol–water partition coefficient (Wildman–Crippen LogP) is 3.20. The van der Waals surface area contributed by atoms with Crippen LogP contribution in [0.2, 0.25) is 0 Å². The fourth-order valence-corrected chi connectivity index (χ4v) is 3.98. The molecule has 2 fully saturated rings. The molecule has 1 saturated carbocycles. The van der Waals surface area contributed by atoms with Crippen molar-refractivity contribution in [3.05, 3.63) is 11.6 Å². The molecule has 17 heavy (non-hydrogen) atoms. The van der Waals surface area contributed by atoms with Crippen molar-refractivity contribution in [1.29, 1.82) is 0 Å². The van der Waals surface area contributed by atoms with Gasteiger partial charge < -0.3 is 9.84 Å². The smallest absolute Gasteiger partial charge is 0.0723 e. The van der Waals surface area contributed by atoms with Crippen LogP contribution in [-0.4, -0.2) is 23.4 Å². The number of aliphatic hydroxyl groups excluding tert-OH is 1. The Bertz CT molecular complexity index is 302. The predicted molar refractivity (Wildman–Crippen MR) is 67.8 cm³/mol. The van der Waals surface area contributed by atoms with Gasteiger partial charge in [-0.15, -0.1) is 0 Å². The highest BCUT2D eigenvalue weighted by molar-refractivity contribution is 5.14. The zero-order valence-corrected chi connectivity index (χ0v) is 10.7. The number of allylic oxidation sites excluding steroid dienone is 1. The van der Waals surface area contributed by atoms with Crippen LogP contribution in [0.4, 0.5) is 0 Å². The van der Waals surface area contributed by atoms with Crippen molar-refractivity contribution in [3.8, 4) is 0 Å². The third-order valence-corrected chi connectivity index (χ3v) is 4.90. The van der Waals surface area contributed by atoms with Crippen LogP contribution in [0.25, 0.3) is 0 Å². The first-order chi connectivity index (χ1) is 8.27. The quantitative estimate of drug-likeness (QED) is 0.708. The van der Waals surface area contributed by atoms with E-state index in [1.54, 1.807) is 0 Å². The molecule has 0 aromatic heterocycles. The van der Waals surface area contributed by atoms with Crippen molar-refractivity contribution >= 4 is 0 Å². The van der Waals surface area contributed by atoms with Gasteiger partial charge in [0.1, 0.15) is 0 Å². The Labute approximate surface area is 104 Å². The average molecular weight is 236 g/mol. The largest absolute Gasteiger partial charge is 0.389 e. The minimum Gasteiger partial charge on any atom is -0.389 e. The number of aliphatic hydroxyl groups is 1. The van der Waals surface area contributed by atoms with Crippen LogP contribution < -0.4 is 0 Å². The fourth-order valence-electron chi connectivity index (χ4n) is 3.98. The standard InChI is InChI=1S/C15H24O2/c16-14-5-3-4-12(10-14)13-6-9-17-15(11-13)7-1-2-8-15/h10,13-14,16H,1-9,11H2. The van der Waals surface area contributed by atoms with Crippen molar-refractivity contribution in [2.45, 2.75) is 69.5 Å². The molecule has 3 rings (SSSR count). The second-order valence-corrected chi connectivity index (χ2v) is 6.13. The van der Waals surface area contributed by atoms with Crippen molar-refractivity contribution in [3.63, 3.8) is 0 Å². The van der Waals surface area contributed by atoms with Gasteiger partial charge in [-0.05, 0) is 50.9 Å². The molecule has 2 heteroatoms. The average Bonchev–Trinajstić information content (AvgIpc) is 2.77. The van der Waals surface area contributed by atoms with Gasteiger partial charge in [-0.1, -0.05) is 24.5 Å². The highest BCUT2D eigenvalue weighted by atomic mass is 16.5. The summed E-state index contributed by atoms with van der Waals surface area (Å²) in [6.07, 6.45) is 12.9. The molecule has 1 N–H and O–H groups in total. The topological polar surface area (TPSA) is 29.5 Å². The molecule has 2 nitrogen and oxygen atoms in total. The maximum absolute atomic E-state index is 9.76. The van der Waals surface area contributed by atoms with Crippen molar-refractivity contribution in [2.24, 2.45) is 5.92 Å². The monoisotopic (exact) mass is 236 g/mol. The molecule has 96 valence electrons. The van der Waals surface area contributed by atoms with Gasteiger partial charge in [0.25, 0.3) is 0 Å². The Balaban J connectivity index is 1.71. The van der Waals surface area contributed by atoms with Gasteiger partial charge in [-0.25, -0.2) is 0 Å². The highest BCUT2D eigenvalue weighted by Crippen LogP contribution is 2.45. The van der Waals surface area contributed by atoms with E-state index < -0.39 is 0 Å². The molecule has 1 aliphatic heterocycles. The van der Waals surface area contributed by atoms with E-state index >= 15 is 0 Å². The Kier molecular flexibility index (Phi) is 3.27. The van der Waals surface area contributed by atoms with Gasteiger partial charge in [0.05, 0.1) is 11.7 Å². The molecule has 0 bridgehead atoms. The zero-order chi connectivity index (χ0) is 11.7. The molecule has 0 amide bonds. The van der Waals surface area contributed by atoms with Crippen molar-refractivity contribution < 1.29 is 9.84 Å². The van der Waals surface area contributed by atoms with Gasteiger partial charge in [-0.3, -0.25) is 0 Å². The number of hydrogen-bond donors (Lipinski definition) is 1. The van der Waals surface area contributed by atoms with E-state index in [-0.39, 0.29) is 11.7 Å². The summed E-state index contributed by atoms with van der Waals surface area (Å²) in [6, 6.07) is 0. The third-order valence-electron chi connectivity index (χ3n) is 4.90. The van der Waals surface area contributed by atoms with Gasteiger partial charge in [-0.2, -0.15) is 0 Å². The van der Waals surface area contributed by atoms with Gasteiger partial charge in [0, 0.05) is 6.61 Å². The lowest BCUT2D eigenvalue weighted by Gasteiger charge is -2.40. The second-order valence-electron chi connectivity index (χ2n) is 6.13. The van der Waals surface area contributed by atoms with Crippen molar-refractivity contribution in [1.82, 2.24) is 0 Å². The maximum atomic E-state index is 9.76. The van der Waals surface area contributed by atoms with E-state index in [9.17, 15) is 5.11 Å². The van der Waals surface area contributed by atoms with Gasteiger partial charge in [0.2, 0.25) is 0 Å². The molecule has 3 aliphatic rings. The molecule has 0 aromatic carbocycles. The van der Waals surface area contributed by atoms with Crippen LogP contribution in [0.15, 0.2) is 11.6 Å². The zero-order valence-electron chi connectivity index (χ0n) is 10.7. The molecular formula is C15H24O2. The molecule has 0 radical (unpaired) electrons. The molecule has 1 saturated heterocycles. The lowest BCUT2D eigenvalue weighted by Crippen LogP contribution is -2.38. The van der Waals surface area contributed by atoms with Crippen LogP contribution in [0.3, 0.4) is 0 Å². The molecule has 0 aromatic rings. The summed E-state index contributed by atoms with van der Waals surface area (Å²) in [4.78, 5) is 0. The molecule has 1 heterocycles. The number of hydrogen-bond acceptors (Lipinski definition) is 2. The summed E-state index contributed by atoms with van der Waals surface area (Å²) in [5, 5.41) is 9.76. The first-order valence-electron chi connectivity index (χ1n) is 7.30. The summed E-state index contributed by atoms with van der Waals surface area (Å²) >= 11 is 0. The third kappa shape index (κ3) is 2.43. The summed E-state index contributed by atoms with van der Waals surface area (Å²) in [6.45, 7) is 0.929. The Morgan fingerprint density at radius 3 is 2.76 bits per heavy atom. The first kappa shape index (κ1) is 11.7. The fraction of sp³-hybridized carbons (Fsp3) is 0.867. The van der Waals surface area contributed by atoms with Crippen molar-refractivity contribution in [2.75, 3.05) is 6.61 Å². The summed E-state index contributed by atoms with van der Waals surface area (Å²) in [7, 11) is 0. The normalized spacial score (nSPS) is 37.1. The van der Waals surface area contributed by atoms with Crippen LogP contribution >= 0.6 is 0 Å². The molecular weight excluding hydrogens is 212 g/mol. The summed E-state index contributed by atoms with van der Waals surface area (Å²) in [5.74, 6) is 0.691. The van der Waals surface area contributed by atoms with E-state index in [2.05, 4.69) is 6.08 Å². The Hall–Kier alpha value is -0.340. The van der Waals surface area contributed by atoms with E-state index in [0.29, 0.717) is 5.92 Å². The summed E-state index contributed by atoms with van der Waals surface area (Å²) < 4.78 is 6.08. The van der Waals surface area contributed by atoms with E-state index in [1.807, 2.05) is 0 Å². The minimum absolute atomic E-state index is 0.180. The number of rotatable bonds is 1. The van der Waals surface area contributed by atoms with Gasteiger partial charge in [0.15, 0.2) is 0 Å². The first-order valence-corrected chi connectivity index (χ1v) is 7.30. The van der Waals surface area contributed by atoms with Crippen LogP contribution in [0.1, 0.15) is 57.8 Å². The lowest BCUT2D eigenvalue weighted by molar-refractivity contribution is -0.0877. The molecule has 2 aliphatic carbocycles. The van der Waals surface area contributed by atoms with Gasteiger partial charge >= 0.3 is 0 Å². The molecule has 1 spiro atoms. The highest BCUT2D eigenvalue weighted by Gasteiger charge is 2.40. The Morgan fingerprint density at radius 2 is 2.00 bits per heavy atom. The second kappa shape index (κ2) is 4.74. The van der Waals surface area contributed by atoms with E-state index in [0.717, 1.165) is 19.4 Å². The van der Waals surface area contributed by atoms with E-state index in [4.69, 9.17) is 4.74 Å². The molecule has 2 unspecified atom stereocenters.